The maximum Gasteiger partial charge on any atom is 0.239 e. The molecule has 0 radical (unpaired) electrons. The number of nitrogens with one attached hydrogen (secondary N) is 1. The van der Waals surface area contributed by atoms with E-state index in [0.717, 1.165) is 11.1 Å². The van der Waals surface area contributed by atoms with Crippen molar-refractivity contribution >= 4 is 40.7 Å². The lowest BCUT2D eigenvalue weighted by atomic mass is 10.1. The number of thioether (sulfide) groups is 1. The lowest BCUT2D eigenvalue weighted by molar-refractivity contribution is -0.118. The van der Waals surface area contributed by atoms with Crippen LogP contribution in [-0.2, 0) is 11.2 Å². The van der Waals surface area contributed by atoms with Crippen molar-refractivity contribution < 1.29 is 4.79 Å². The third kappa shape index (κ3) is 4.24. The van der Waals surface area contributed by atoms with E-state index >= 15 is 0 Å². The summed E-state index contributed by atoms with van der Waals surface area (Å²) in [5.41, 5.74) is 3.13. The molecule has 0 aromatic heterocycles. The van der Waals surface area contributed by atoms with Crippen LogP contribution in [0.1, 0.15) is 16.7 Å². The Labute approximate surface area is 150 Å². The molecule has 24 heavy (non-hydrogen) atoms. The number of benzene rings is 2. The number of hydrogen-bond donors (Lipinski definition) is 1. The Bertz CT molecular complexity index is 802. The highest BCUT2D eigenvalue weighted by Crippen LogP contribution is 2.23. The topological polar surface area (TPSA) is 53.8 Å². The van der Waals surface area contributed by atoms with E-state index in [1.54, 1.807) is 12.3 Å². The predicted molar refractivity (Wildman–Crippen MR) is 101 cm³/mol. The molecule has 3 rings (SSSR count). The van der Waals surface area contributed by atoms with Crippen molar-refractivity contribution in [3.05, 3.63) is 70.2 Å². The Hall–Kier alpha value is -2.11. The highest BCUT2D eigenvalue weighted by atomic mass is 35.5. The molecule has 1 fully saturated rings. The smallest absolute Gasteiger partial charge is 0.239 e. The molecule has 0 spiro atoms. The van der Waals surface area contributed by atoms with Crippen LogP contribution in [0.3, 0.4) is 0 Å². The number of amidine groups is 1. The zero-order chi connectivity index (χ0) is 16.9. The van der Waals surface area contributed by atoms with Crippen LogP contribution < -0.4 is 5.32 Å². The Morgan fingerprint density at radius 3 is 2.71 bits per heavy atom. The summed E-state index contributed by atoms with van der Waals surface area (Å²) < 4.78 is 0. The van der Waals surface area contributed by atoms with E-state index in [1.807, 2.05) is 37.3 Å². The molecule has 0 saturated carbocycles. The minimum atomic E-state index is -0.179. The number of aryl methyl sites for hydroxylation is 1. The van der Waals surface area contributed by atoms with Crippen molar-refractivity contribution in [3.63, 3.8) is 0 Å². The average molecular weight is 358 g/mol. The van der Waals surface area contributed by atoms with Gasteiger partial charge in [0.05, 0.1) is 11.5 Å². The molecule has 6 heteroatoms. The molecule has 0 aliphatic carbocycles. The lowest BCUT2D eigenvalue weighted by Gasteiger charge is -2.05. The number of rotatable bonds is 4. The van der Waals surface area contributed by atoms with E-state index in [9.17, 15) is 4.79 Å². The fraction of sp³-hybridized carbons (Fsp3) is 0.167. The van der Waals surface area contributed by atoms with Crippen LogP contribution in [0.4, 0.5) is 0 Å². The number of halogens is 1. The van der Waals surface area contributed by atoms with E-state index < -0.39 is 0 Å². The van der Waals surface area contributed by atoms with Crippen molar-refractivity contribution in [2.24, 2.45) is 10.2 Å². The molecule has 1 N–H and O–H groups in total. The Morgan fingerprint density at radius 2 is 1.96 bits per heavy atom. The number of nitrogens with zero attached hydrogens (tertiary/aromatic N) is 2. The summed E-state index contributed by atoms with van der Waals surface area (Å²) in [6.07, 6.45) is 2.25. The van der Waals surface area contributed by atoms with E-state index in [0.29, 0.717) is 16.6 Å². The van der Waals surface area contributed by atoms with Crippen LogP contribution in [-0.4, -0.2) is 22.5 Å². The maximum absolute atomic E-state index is 12.1. The molecule has 0 unspecified atom stereocenters. The van der Waals surface area contributed by atoms with Gasteiger partial charge in [-0.2, -0.15) is 5.10 Å². The van der Waals surface area contributed by atoms with E-state index in [1.165, 1.54) is 17.3 Å². The van der Waals surface area contributed by atoms with Gasteiger partial charge in [0.25, 0.3) is 0 Å². The first-order valence-electron chi connectivity index (χ1n) is 7.50. The Kier molecular flexibility index (Phi) is 5.33. The van der Waals surface area contributed by atoms with Gasteiger partial charge in [-0.05, 0) is 25.0 Å². The van der Waals surface area contributed by atoms with Gasteiger partial charge in [0.2, 0.25) is 5.91 Å². The lowest BCUT2D eigenvalue weighted by Crippen LogP contribution is -2.25. The zero-order valence-electron chi connectivity index (χ0n) is 13.1. The normalized spacial score (nSPS) is 19.2. The highest BCUT2D eigenvalue weighted by Gasteiger charge is 2.30. The molecule has 2 aromatic rings. The van der Waals surface area contributed by atoms with Gasteiger partial charge in [0.1, 0.15) is 0 Å². The van der Waals surface area contributed by atoms with Gasteiger partial charge in [0.15, 0.2) is 5.17 Å². The van der Waals surface area contributed by atoms with Crippen molar-refractivity contribution in [2.75, 3.05) is 0 Å². The fourth-order valence-corrected chi connectivity index (χ4v) is 3.40. The summed E-state index contributed by atoms with van der Waals surface area (Å²) in [7, 11) is 0. The minimum Gasteiger partial charge on any atom is -0.303 e. The molecular weight excluding hydrogens is 342 g/mol. The molecule has 1 aliphatic heterocycles. The molecule has 122 valence electrons. The van der Waals surface area contributed by atoms with E-state index in [2.05, 4.69) is 27.7 Å². The first kappa shape index (κ1) is 16.7. The van der Waals surface area contributed by atoms with Crippen molar-refractivity contribution in [1.29, 1.82) is 0 Å². The van der Waals surface area contributed by atoms with Gasteiger partial charge in [-0.15, -0.1) is 5.10 Å². The van der Waals surface area contributed by atoms with Gasteiger partial charge < -0.3 is 5.32 Å². The molecule has 1 heterocycles. The Morgan fingerprint density at radius 1 is 1.21 bits per heavy atom. The van der Waals surface area contributed by atoms with Crippen LogP contribution in [0.2, 0.25) is 5.02 Å². The second-order valence-corrected chi connectivity index (χ2v) is 7.06. The van der Waals surface area contributed by atoms with Gasteiger partial charge in [-0.25, -0.2) is 0 Å². The minimum absolute atomic E-state index is 0.0349. The number of carbonyl (C=O) groups is 1. The molecular formula is C18H16ClN3OS. The molecule has 0 bridgehead atoms. The van der Waals surface area contributed by atoms with Gasteiger partial charge >= 0.3 is 0 Å². The maximum atomic E-state index is 12.1. The molecule has 4 nitrogen and oxygen atoms in total. The first-order chi connectivity index (χ1) is 11.6. The van der Waals surface area contributed by atoms with E-state index in [-0.39, 0.29) is 11.2 Å². The van der Waals surface area contributed by atoms with Crippen LogP contribution in [0.25, 0.3) is 0 Å². The number of hydrogen-bond acceptors (Lipinski definition) is 4. The van der Waals surface area contributed by atoms with Crippen LogP contribution in [0, 0.1) is 6.92 Å². The number of amides is 1. The third-order valence-corrected chi connectivity index (χ3v) is 4.99. The highest BCUT2D eigenvalue weighted by molar-refractivity contribution is 8.15. The summed E-state index contributed by atoms with van der Waals surface area (Å²) in [5, 5.41) is 11.8. The largest absolute Gasteiger partial charge is 0.303 e. The molecule has 1 atom stereocenters. The van der Waals surface area contributed by atoms with Crippen LogP contribution in [0.15, 0.2) is 58.7 Å². The van der Waals surface area contributed by atoms with Crippen molar-refractivity contribution in [2.45, 2.75) is 18.6 Å². The molecule has 1 saturated heterocycles. The second-order valence-electron chi connectivity index (χ2n) is 5.46. The van der Waals surface area contributed by atoms with Crippen LogP contribution in [0.5, 0.6) is 0 Å². The zero-order valence-corrected chi connectivity index (χ0v) is 14.6. The standard InChI is InChI=1S/C18H16ClN3OS/c1-12-6-8-13(9-7-12)10-16-17(23)21-18(24-16)22-20-11-14-4-2-3-5-15(14)19/h2-9,11,16H,10H2,1H3,(H,21,22,23)/t16-/m1/s1. The first-order valence-corrected chi connectivity index (χ1v) is 8.76. The summed E-state index contributed by atoms with van der Waals surface area (Å²) in [5.74, 6) is -0.0349. The van der Waals surface area contributed by atoms with Crippen LogP contribution >= 0.6 is 23.4 Å². The number of carbonyl (C=O) groups excluding carboxylic acids is 1. The Balaban J connectivity index is 1.63. The van der Waals surface area contributed by atoms with Gasteiger partial charge in [0, 0.05) is 10.6 Å². The SMILES string of the molecule is Cc1ccc(C[C@H]2S/C(=N/N=Cc3ccccc3Cl)NC2=O)cc1. The molecule has 1 aliphatic rings. The molecule has 1 amide bonds. The predicted octanol–water partition coefficient (Wildman–Crippen LogP) is 3.81. The third-order valence-electron chi connectivity index (χ3n) is 3.57. The van der Waals surface area contributed by atoms with Crippen molar-refractivity contribution in [1.82, 2.24) is 5.32 Å². The summed E-state index contributed by atoms with van der Waals surface area (Å²) in [4.78, 5) is 12.1. The van der Waals surface area contributed by atoms with E-state index in [4.69, 9.17) is 11.6 Å². The van der Waals surface area contributed by atoms with Gasteiger partial charge in [-0.3, -0.25) is 4.79 Å². The van der Waals surface area contributed by atoms with Gasteiger partial charge in [-0.1, -0.05) is 71.4 Å². The fourth-order valence-electron chi connectivity index (χ4n) is 2.25. The molecule has 2 aromatic carbocycles. The summed E-state index contributed by atoms with van der Waals surface area (Å²) in [6.45, 7) is 2.04. The summed E-state index contributed by atoms with van der Waals surface area (Å²) >= 11 is 7.45. The monoisotopic (exact) mass is 357 g/mol. The second kappa shape index (κ2) is 7.64. The quantitative estimate of drug-likeness (QED) is 0.668. The summed E-state index contributed by atoms with van der Waals surface area (Å²) in [6, 6.07) is 15.6. The average Bonchev–Trinajstić information content (AvgIpc) is 2.91. The van der Waals surface area contributed by atoms with Crippen molar-refractivity contribution in [3.8, 4) is 0 Å².